The van der Waals surface area contributed by atoms with E-state index in [0.29, 0.717) is 6.04 Å². The predicted octanol–water partition coefficient (Wildman–Crippen LogP) is 1.20. The first-order valence-corrected chi connectivity index (χ1v) is 7.24. The van der Waals surface area contributed by atoms with Crippen molar-refractivity contribution in [2.45, 2.75) is 26.8 Å². The molecule has 5 nitrogen and oxygen atoms in total. The molecule has 0 aromatic carbocycles. The number of aromatic nitrogens is 2. The second kappa shape index (κ2) is 5.06. The van der Waals surface area contributed by atoms with Gasteiger partial charge in [0.2, 0.25) is 0 Å². The number of nitrogens with zero attached hydrogens (tertiary/aromatic N) is 4. The molecule has 1 aromatic heterocycles. The maximum atomic E-state index is 4.77. The molecule has 4 rings (SSSR count). The highest BCUT2D eigenvalue weighted by molar-refractivity contribution is 5.45. The van der Waals surface area contributed by atoms with Crippen molar-refractivity contribution in [3.63, 3.8) is 0 Å². The molecule has 1 N–H and O–H groups in total. The molecule has 0 saturated carbocycles. The number of fused-ring (bicyclic) bond motifs is 3. The molecule has 1 aromatic rings. The Hall–Kier alpha value is -1.20. The average Bonchev–Trinajstić information content (AvgIpc) is 2.45. The van der Waals surface area contributed by atoms with Gasteiger partial charge in [0.15, 0.2) is 0 Å². The van der Waals surface area contributed by atoms with E-state index < -0.39 is 0 Å². The lowest BCUT2D eigenvalue weighted by Crippen LogP contribution is -2.57. The van der Waals surface area contributed by atoms with Crippen LogP contribution in [0, 0.1) is 13.8 Å². The van der Waals surface area contributed by atoms with Crippen molar-refractivity contribution in [1.82, 2.24) is 19.8 Å². The van der Waals surface area contributed by atoms with Crippen LogP contribution in [-0.2, 0) is 0 Å². The molecule has 0 radical (unpaired) electrons. The SMILES string of the molecule is CCNc1nc(C2CN3CCN2CC3)nc(C)c1C. The Kier molecular flexibility index (Phi) is 3.41. The zero-order chi connectivity index (χ0) is 13.4. The molecular formula is C14H23N5. The fourth-order valence-corrected chi connectivity index (χ4v) is 3.00. The Morgan fingerprint density at radius 1 is 1.16 bits per heavy atom. The molecule has 1 atom stereocenters. The molecule has 5 heteroatoms. The van der Waals surface area contributed by atoms with E-state index in [1.807, 2.05) is 0 Å². The monoisotopic (exact) mass is 261 g/mol. The first-order valence-electron chi connectivity index (χ1n) is 7.24. The van der Waals surface area contributed by atoms with Gasteiger partial charge < -0.3 is 5.32 Å². The van der Waals surface area contributed by atoms with Crippen LogP contribution in [0.2, 0.25) is 0 Å². The molecule has 0 amide bonds. The van der Waals surface area contributed by atoms with E-state index in [1.54, 1.807) is 0 Å². The summed E-state index contributed by atoms with van der Waals surface area (Å²) in [7, 11) is 0. The lowest BCUT2D eigenvalue weighted by Gasteiger charge is -2.46. The minimum absolute atomic E-state index is 0.374. The van der Waals surface area contributed by atoms with Crippen LogP contribution in [0.5, 0.6) is 0 Å². The number of aryl methyl sites for hydroxylation is 1. The van der Waals surface area contributed by atoms with Gasteiger partial charge in [0, 0.05) is 50.5 Å². The third kappa shape index (κ3) is 2.32. The van der Waals surface area contributed by atoms with E-state index in [0.717, 1.165) is 43.5 Å². The predicted molar refractivity (Wildman–Crippen MR) is 76.4 cm³/mol. The van der Waals surface area contributed by atoms with Crippen molar-refractivity contribution in [2.75, 3.05) is 44.6 Å². The molecule has 3 fully saturated rings. The van der Waals surface area contributed by atoms with Crippen molar-refractivity contribution < 1.29 is 0 Å². The Morgan fingerprint density at radius 2 is 1.89 bits per heavy atom. The summed E-state index contributed by atoms with van der Waals surface area (Å²) in [5.41, 5.74) is 2.26. The van der Waals surface area contributed by atoms with Gasteiger partial charge in [-0.05, 0) is 20.8 Å². The summed E-state index contributed by atoms with van der Waals surface area (Å²) in [6.07, 6.45) is 0. The first kappa shape index (κ1) is 12.8. The normalized spacial score (nSPS) is 29.5. The largest absolute Gasteiger partial charge is 0.370 e. The third-order valence-corrected chi connectivity index (χ3v) is 4.33. The molecule has 4 heterocycles. The van der Waals surface area contributed by atoms with Crippen LogP contribution in [0.4, 0.5) is 5.82 Å². The fourth-order valence-electron chi connectivity index (χ4n) is 3.00. The number of hydrogen-bond donors (Lipinski definition) is 1. The van der Waals surface area contributed by atoms with Crippen LogP contribution >= 0.6 is 0 Å². The lowest BCUT2D eigenvalue weighted by molar-refractivity contribution is 0.00863. The molecule has 0 aliphatic carbocycles. The van der Waals surface area contributed by atoms with Crippen LogP contribution in [0.3, 0.4) is 0 Å². The van der Waals surface area contributed by atoms with Crippen LogP contribution in [-0.4, -0.2) is 59.0 Å². The van der Waals surface area contributed by atoms with Gasteiger partial charge in [-0.2, -0.15) is 0 Å². The molecule has 1 unspecified atom stereocenters. The van der Waals surface area contributed by atoms with E-state index in [-0.39, 0.29) is 0 Å². The van der Waals surface area contributed by atoms with Gasteiger partial charge in [0.05, 0.1) is 6.04 Å². The van der Waals surface area contributed by atoms with Gasteiger partial charge in [0.1, 0.15) is 11.6 Å². The molecule has 19 heavy (non-hydrogen) atoms. The highest BCUT2D eigenvalue weighted by Crippen LogP contribution is 2.28. The topological polar surface area (TPSA) is 44.3 Å². The Labute approximate surface area is 115 Å². The summed E-state index contributed by atoms with van der Waals surface area (Å²) >= 11 is 0. The van der Waals surface area contributed by atoms with Crippen LogP contribution < -0.4 is 5.32 Å². The molecule has 2 bridgehead atoms. The van der Waals surface area contributed by atoms with Crippen molar-refractivity contribution in [3.8, 4) is 0 Å². The first-order chi connectivity index (χ1) is 9.19. The summed E-state index contributed by atoms with van der Waals surface area (Å²) < 4.78 is 0. The van der Waals surface area contributed by atoms with Gasteiger partial charge in [-0.15, -0.1) is 0 Å². The zero-order valence-electron chi connectivity index (χ0n) is 12.1. The van der Waals surface area contributed by atoms with Gasteiger partial charge in [-0.1, -0.05) is 0 Å². The fraction of sp³-hybridized carbons (Fsp3) is 0.714. The maximum Gasteiger partial charge on any atom is 0.149 e. The van der Waals surface area contributed by atoms with Gasteiger partial charge in [0.25, 0.3) is 0 Å². The number of hydrogen-bond acceptors (Lipinski definition) is 5. The Bertz CT molecular complexity index is 465. The summed E-state index contributed by atoms with van der Waals surface area (Å²) in [5.74, 6) is 1.99. The standard InChI is InChI=1S/C14H23N5/c1-4-15-13-10(2)11(3)16-14(17-13)12-9-18-5-7-19(12)8-6-18/h12H,4-9H2,1-3H3,(H,15,16,17). The van der Waals surface area contributed by atoms with E-state index in [1.165, 1.54) is 18.7 Å². The van der Waals surface area contributed by atoms with Gasteiger partial charge in [-0.3, -0.25) is 9.80 Å². The van der Waals surface area contributed by atoms with Crippen molar-refractivity contribution >= 4 is 5.82 Å². The van der Waals surface area contributed by atoms with E-state index in [2.05, 4.69) is 35.9 Å². The van der Waals surface area contributed by atoms with Gasteiger partial charge >= 0.3 is 0 Å². The highest BCUT2D eigenvalue weighted by Gasteiger charge is 2.34. The number of nitrogens with one attached hydrogen (secondary N) is 1. The van der Waals surface area contributed by atoms with Crippen LogP contribution in [0.1, 0.15) is 30.0 Å². The van der Waals surface area contributed by atoms with Crippen molar-refractivity contribution in [2.24, 2.45) is 0 Å². The van der Waals surface area contributed by atoms with Gasteiger partial charge in [-0.25, -0.2) is 9.97 Å². The summed E-state index contributed by atoms with van der Waals surface area (Å²) in [6, 6.07) is 0.374. The van der Waals surface area contributed by atoms with Crippen molar-refractivity contribution in [3.05, 3.63) is 17.1 Å². The smallest absolute Gasteiger partial charge is 0.149 e. The van der Waals surface area contributed by atoms with Crippen LogP contribution in [0.15, 0.2) is 0 Å². The molecule has 3 aliphatic rings. The summed E-state index contributed by atoms with van der Waals surface area (Å²) in [4.78, 5) is 14.6. The Morgan fingerprint density at radius 3 is 2.47 bits per heavy atom. The van der Waals surface area contributed by atoms with Crippen molar-refractivity contribution in [1.29, 1.82) is 0 Å². The van der Waals surface area contributed by atoms with E-state index in [4.69, 9.17) is 9.97 Å². The minimum atomic E-state index is 0.374. The second-order valence-corrected chi connectivity index (χ2v) is 5.52. The molecular weight excluding hydrogens is 238 g/mol. The number of rotatable bonds is 3. The zero-order valence-corrected chi connectivity index (χ0v) is 12.1. The average molecular weight is 261 g/mol. The third-order valence-electron chi connectivity index (χ3n) is 4.33. The number of piperazine rings is 3. The lowest BCUT2D eigenvalue weighted by atomic mass is 10.1. The molecule has 0 spiro atoms. The quantitative estimate of drug-likeness (QED) is 0.885. The second-order valence-electron chi connectivity index (χ2n) is 5.52. The van der Waals surface area contributed by atoms with E-state index >= 15 is 0 Å². The molecule has 104 valence electrons. The van der Waals surface area contributed by atoms with Crippen LogP contribution in [0.25, 0.3) is 0 Å². The molecule has 3 aliphatic heterocycles. The summed E-state index contributed by atoms with van der Waals surface area (Å²) in [5, 5.41) is 3.36. The number of anilines is 1. The van der Waals surface area contributed by atoms with E-state index in [9.17, 15) is 0 Å². The minimum Gasteiger partial charge on any atom is -0.370 e. The maximum absolute atomic E-state index is 4.77. The highest BCUT2D eigenvalue weighted by atomic mass is 15.4. The Balaban J connectivity index is 1.92. The summed E-state index contributed by atoms with van der Waals surface area (Å²) in [6.45, 7) is 12.9. The molecule has 3 saturated heterocycles.